The van der Waals surface area contributed by atoms with E-state index in [1.54, 1.807) is 12.3 Å². The van der Waals surface area contributed by atoms with Crippen LogP contribution in [0.25, 0.3) is 10.9 Å². The molecule has 0 radical (unpaired) electrons. The predicted molar refractivity (Wildman–Crippen MR) is 63.5 cm³/mol. The highest BCUT2D eigenvalue weighted by atomic mass is 35.5. The zero-order chi connectivity index (χ0) is 13.6. The van der Waals surface area contributed by atoms with E-state index in [1.165, 1.54) is 18.2 Å². The maximum atomic E-state index is 13.1. The topological polar surface area (TPSA) is 41.8 Å². The molecule has 0 unspecified atom stereocenters. The molecule has 2 nitrogen and oxygen atoms in total. The highest BCUT2D eigenvalue weighted by Crippen LogP contribution is 2.43. The molecule has 0 bridgehead atoms. The van der Waals surface area contributed by atoms with Crippen LogP contribution in [0.5, 0.6) is 0 Å². The van der Waals surface area contributed by atoms with Gasteiger partial charge in [0.1, 0.15) is 6.04 Å². The minimum absolute atomic E-state index is 0. The highest BCUT2D eigenvalue weighted by molar-refractivity contribution is 5.85. The molecule has 0 saturated heterocycles. The van der Waals surface area contributed by atoms with E-state index in [0.29, 0.717) is 10.9 Å². The van der Waals surface area contributed by atoms with Crippen LogP contribution in [0.15, 0.2) is 30.5 Å². The Morgan fingerprint density at radius 3 is 2.26 bits per heavy atom. The van der Waals surface area contributed by atoms with Gasteiger partial charge in [-0.3, -0.25) is 0 Å². The second-order valence-electron chi connectivity index (χ2n) is 3.92. The lowest BCUT2D eigenvalue weighted by atomic mass is 10.00. The summed E-state index contributed by atoms with van der Waals surface area (Å²) in [6.45, 7) is 0. The summed E-state index contributed by atoms with van der Waals surface area (Å²) < 4.78 is 62.7. The summed E-state index contributed by atoms with van der Waals surface area (Å²) in [4.78, 5) is 2.72. The summed E-state index contributed by atoms with van der Waals surface area (Å²) in [5.74, 6) is -4.97. The summed E-state index contributed by atoms with van der Waals surface area (Å²) in [6.07, 6.45) is -4.11. The summed E-state index contributed by atoms with van der Waals surface area (Å²) in [6, 6.07) is 3.05. The van der Waals surface area contributed by atoms with Gasteiger partial charge >= 0.3 is 12.1 Å². The third-order valence-corrected chi connectivity index (χ3v) is 2.71. The normalized spacial score (nSPS) is 14.2. The first-order chi connectivity index (χ1) is 8.23. The standard InChI is InChI=1S/C11H9F5N2.ClH/c12-10(13,11(14,15)16)9(17)7-2-1-6-3-4-18-8(6)5-7;/h1-5,9,18H,17H2;1H/t9-;/m0./s1. The first-order valence-corrected chi connectivity index (χ1v) is 5.00. The Labute approximate surface area is 111 Å². The lowest BCUT2D eigenvalue weighted by Crippen LogP contribution is -2.45. The first kappa shape index (κ1) is 15.7. The van der Waals surface area contributed by atoms with Crippen LogP contribution >= 0.6 is 12.4 Å². The van der Waals surface area contributed by atoms with Crippen molar-refractivity contribution in [2.45, 2.75) is 18.1 Å². The minimum atomic E-state index is -5.67. The molecule has 8 heteroatoms. The summed E-state index contributed by atoms with van der Waals surface area (Å²) in [5, 5.41) is 0.710. The number of fused-ring (bicyclic) bond motifs is 1. The number of aromatic amines is 1. The maximum Gasteiger partial charge on any atom is 0.455 e. The van der Waals surface area contributed by atoms with Gasteiger partial charge < -0.3 is 10.7 Å². The van der Waals surface area contributed by atoms with Gasteiger partial charge in [0.15, 0.2) is 0 Å². The van der Waals surface area contributed by atoms with Crippen LogP contribution in [0.4, 0.5) is 22.0 Å². The molecule has 0 aliphatic heterocycles. The van der Waals surface area contributed by atoms with Gasteiger partial charge in [0, 0.05) is 11.7 Å². The third kappa shape index (κ3) is 2.66. The van der Waals surface area contributed by atoms with Gasteiger partial charge in [0.2, 0.25) is 0 Å². The quantitative estimate of drug-likeness (QED) is 0.814. The van der Waals surface area contributed by atoms with Crippen LogP contribution in [0.1, 0.15) is 11.6 Å². The van der Waals surface area contributed by atoms with E-state index in [1.807, 2.05) is 0 Å². The smallest absolute Gasteiger partial charge is 0.361 e. The van der Waals surface area contributed by atoms with E-state index in [4.69, 9.17) is 5.73 Å². The molecular formula is C11H10ClF5N2. The van der Waals surface area contributed by atoms with Crippen molar-refractivity contribution in [3.63, 3.8) is 0 Å². The predicted octanol–water partition coefficient (Wildman–Crippen LogP) is 3.79. The van der Waals surface area contributed by atoms with Crippen molar-refractivity contribution in [1.29, 1.82) is 0 Å². The molecule has 1 heterocycles. The number of benzene rings is 1. The van der Waals surface area contributed by atoms with Gasteiger partial charge in [-0.2, -0.15) is 22.0 Å². The molecule has 2 rings (SSSR count). The molecule has 106 valence electrons. The Morgan fingerprint density at radius 1 is 1.05 bits per heavy atom. The van der Waals surface area contributed by atoms with Crippen LogP contribution in [0.2, 0.25) is 0 Å². The zero-order valence-corrected chi connectivity index (χ0v) is 10.2. The second kappa shape index (κ2) is 4.97. The van der Waals surface area contributed by atoms with E-state index in [9.17, 15) is 22.0 Å². The van der Waals surface area contributed by atoms with E-state index in [0.717, 1.165) is 0 Å². The van der Waals surface area contributed by atoms with Crippen LogP contribution < -0.4 is 5.73 Å². The molecule has 0 spiro atoms. The largest absolute Gasteiger partial charge is 0.455 e. The number of alkyl halides is 5. The van der Waals surface area contributed by atoms with E-state index in [2.05, 4.69) is 4.98 Å². The fourth-order valence-corrected chi connectivity index (χ4v) is 1.64. The van der Waals surface area contributed by atoms with E-state index < -0.39 is 18.1 Å². The monoisotopic (exact) mass is 300 g/mol. The number of hydrogen-bond donors (Lipinski definition) is 2. The molecule has 0 aliphatic carbocycles. The van der Waals surface area contributed by atoms with Crippen LogP contribution in [0.3, 0.4) is 0 Å². The molecule has 3 N–H and O–H groups in total. The third-order valence-electron chi connectivity index (χ3n) is 2.71. The summed E-state index contributed by atoms with van der Waals surface area (Å²) in [5.41, 5.74) is 5.22. The average molecular weight is 301 g/mol. The Bertz CT molecular complexity index is 563. The van der Waals surface area contributed by atoms with Crippen LogP contribution in [-0.2, 0) is 0 Å². The molecule has 19 heavy (non-hydrogen) atoms. The van der Waals surface area contributed by atoms with Crippen LogP contribution in [0, 0.1) is 0 Å². The molecule has 1 aromatic carbocycles. The summed E-state index contributed by atoms with van der Waals surface area (Å²) in [7, 11) is 0. The lowest BCUT2D eigenvalue weighted by Gasteiger charge is -2.25. The molecule has 1 atom stereocenters. The Kier molecular flexibility index (Phi) is 4.11. The van der Waals surface area contributed by atoms with Crippen molar-refractivity contribution in [3.05, 3.63) is 36.0 Å². The number of rotatable bonds is 2. The number of nitrogens with two attached hydrogens (primary N) is 1. The molecule has 0 saturated carbocycles. The Balaban J connectivity index is 0.00000180. The van der Waals surface area contributed by atoms with Crippen molar-refractivity contribution >= 4 is 23.3 Å². The van der Waals surface area contributed by atoms with Crippen LogP contribution in [-0.4, -0.2) is 17.1 Å². The fourth-order valence-electron chi connectivity index (χ4n) is 1.64. The fraction of sp³-hybridized carbons (Fsp3) is 0.273. The molecule has 0 aliphatic rings. The van der Waals surface area contributed by atoms with Gasteiger partial charge in [-0.25, -0.2) is 0 Å². The first-order valence-electron chi connectivity index (χ1n) is 5.00. The van der Waals surface area contributed by atoms with Crippen molar-refractivity contribution < 1.29 is 22.0 Å². The van der Waals surface area contributed by atoms with Crippen molar-refractivity contribution in [1.82, 2.24) is 4.98 Å². The van der Waals surface area contributed by atoms with Gasteiger partial charge in [-0.1, -0.05) is 12.1 Å². The minimum Gasteiger partial charge on any atom is -0.361 e. The lowest BCUT2D eigenvalue weighted by molar-refractivity contribution is -0.290. The average Bonchev–Trinajstić information content (AvgIpc) is 2.73. The second-order valence-corrected chi connectivity index (χ2v) is 3.92. The summed E-state index contributed by atoms with van der Waals surface area (Å²) >= 11 is 0. The number of hydrogen-bond acceptors (Lipinski definition) is 1. The van der Waals surface area contributed by atoms with E-state index >= 15 is 0 Å². The molecule has 1 aromatic heterocycles. The van der Waals surface area contributed by atoms with Crippen molar-refractivity contribution in [2.75, 3.05) is 0 Å². The van der Waals surface area contributed by atoms with Crippen molar-refractivity contribution in [3.8, 4) is 0 Å². The number of aromatic nitrogens is 1. The maximum absolute atomic E-state index is 13.1. The molecule has 0 fully saturated rings. The number of H-pyrrole nitrogens is 1. The van der Waals surface area contributed by atoms with Gasteiger partial charge in [-0.05, 0) is 23.1 Å². The van der Waals surface area contributed by atoms with Crippen molar-refractivity contribution in [2.24, 2.45) is 5.73 Å². The Hall–Kier alpha value is -1.34. The van der Waals surface area contributed by atoms with Gasteiger partial charge in [-0.15, -0.1) is 12.4 Å². The zero-order valence-electron chi connectivity index (χ0n) is 9.34. The number of halogens is 6. The highest BCUT2D eigenvalue weighted by Gasteiger charge is 2.61. The number of nitrogens with one attached hydrogen (secondary N) is 1. The Morgan fingerprint density at radius 2 is 1.68 bits per heavy atom. The van der Waals surface area contributed by atoms with Gasteiger partial charge in [0.25, 0.3) is 0 Å². The molecular weight excluding hydrogens is 291 g/mol. The molecule has 0 amide bonds. The SMILES string of the molecule is Cl.N[C@@H](c1ccc2cc[nH]c2c1)C(F)(F)C(F)(F)F. The van der Waals surface area contributed by atoms with E-state index in [-0.39, 0.29) is 18.0 Å². The molecule has 2 aromatic rings. The van der Waals surface area contributed by atoms with Gasteiger partial charge in [0.05, 0.1) is 0 Å².